The molecule has 0 N–H and O–H groups in total. The molecule has 1 heteroatoms. The van der Waals surface area contributed by atoms with Crippen LogP contribution in [0.2, 0.25) is 0 Å². The van der Waals surface area contributed by atoms with E-state index in [1.807, 2.05) is 0 Å². The molecular formula is C19H14O. The Morgan fingerprint density at radius 1 is 0.850 bits per heavy atom. The van der Waals surface area contributed by atoms with Gasteiger partial charge in [-0.1, -0.05) is 54.6 Å². The lowest BCUT2D eigenvalue weighted by molar-refractivity contribution is -0.116. The molecule has 3 aromatic carbocycles. The van der Waals surface area contributed by atoms with Gasteiger partial charge >= 0.3 is 0 Å². The molecule has 1 aliphatic carbocycles. The molecule has 1 atom stereocenters. The summed E-state index contributed by atoms with van der Waals surface area (Å²) in [5.74, 6) is 0. The van der Waals surface area contributed by atoms with Crippen LogP contribution in [0, 0.1) is 0 Å². The fourth-order valence-electron chi connectivity index (χ4n) is 3.63. The third-order valence-electron chi connectivity index (χ3n) is 4.78. The fraction of sp³-hybridized carbons (Fsp3) is 0.158. The first-order chi connectivity index (χ1) is 9.87. The zero-order valence-electron chi connectivity index (χ0n) is 11.1. The van der Waals surface area contributed by atoms with Crippen molar-refractivity contribution >= 4 is 27.6 Å². The van der Waals surface area contributed by atoms with E-state index in [-0.39, 0.29) is 5.60 Å². The van der Waals surface area contributed by atoms with E-state index in [9.17, 15) is 0 Å². The summed E-state index contributed by atoms with van der Waals surface area (Å²) in [6.07, 6.45) is 5.58. The summed E-state index contributed by atoms with van der Waals surface area (Å²) in [6, 6.07) is 17.6. The first kappa shape index (κ1) is 10.6. The Hall–Kier alpha value is -2.12. The van der Waals surface area contributed by atoms with Crippen molar-refractivity contribution in [2.24, 2.45) is 0 Å². The molecule has 3 aromatic rings. The Kier molecular flexibility index (Phi) is 1.86. The van der Waals surface area contributed by atoms with Gasteiger partial charge in [-0.15, -0.1) is 0 Å². The zero-order chi connectivity index (χ0) is 13.2. The second-order valence-electron chi connectivity index (χ2n) is 5.73. The average Bonchev–Trinajstić information content (AvgIpc) is 2.86. The van der Waals surface area contributed by atoms with Gasteiger partial charge in [0.2, 0.25) is 0 Å². The minimum absolute atomic E-state index is 0.116. The van der Waals surface area contributed by atoms with Crippen LogP contribution in [0.5, 0.6) is 0 Å². The SMILES string of the molecule is C1=C[C@]2(CCO2)c2ccc3c(ccc4ccccc43)c21. The lowest BCUT2D eigenvalue weighted by atomic mass is 9.86. The first-order valence-corrected chi connectivity index (χ1v) is 7.16. The summed E-state index contributed by atoms with van der Waals surface area (Å²) >= 11 is 0. The maximum absolute atomic E-state index is 5.86. The van der Waals surface area contributed by atoms with Crippen molar-refractivity contribution in [3.8, 4) is 0 Å². The van der Waals surface area contributed by atoms with Gasteiger partial charge in [-0.25, -0.2) is 0 Å². The van der Waals surface area contributed by atoms with E-state index in [1.54, 1.807) is 0 Å². The number of hydrogen-bond donors (Lipinski definition) is 0. The summed E-state index contributed by atoms with van der Waals surface area (Å²) < 4.78 is 5.86. The molecule has 0 aromatic heterocycles. The minimum atomic E-state index is -0.116. The summed E-state index contributed by atoms with van der Waals surface area (Å²) in [5.41, 5.74) is 2.56. The molecule has 0 amide bonds. The van der Waals surface area contributed by atoms with Crippen molar-refractivity contribution in [3.63, 3.8) is 0 Å². The third-order valence-corrected chi connectivity index (χ3v) is 4.78. The van der Waals surface area contributed by atoms with E-state index in [4.69, 9.17) is 4.74 Å². The van der Waals surface area contributed by atoms with E-state index in [2.05, 4.69) is 60.7 Å². The Balaban J connectivity index is 1.90. The van der Waals surface area contributed by atoms with Crippen molar-refractivity contribution in [1.29, 1.82) is 0 Å². The van der Waals surface area contributed by atoms with E-state index >= 15 is 0 Å². The second kappa shape index (κ2) is 3.50. The first-order valence-electron chi connectivity index (χ1n) is 7.16. The van der Waals surface area contributed by atoms with Crippen LogP contribution >= 0.6 is 0 Å². The molecule has 0 radical (unpaired) electrons. The van der Waals surface area contributed by atoms with E-state index in [0.717, 1.165) is 13.0 Å². The molecule has 0 saturated carbocycles. The summed E-state index contributed by atoms with van der Waals surface area (Å²) in [7, 11) is 0. The number of benzene rings is 3. The lowest BCUT2D eigenvalue weighted by Crippen LogP contribution is -2.37. The molecule has 0 unspecified atom stereocenters. The van der Waals surface area contributed by atoms with E-state index < -0.39 is 0 Å². The fourth-order valence-corrected chi connectivity index (χ4v) is 3.63. The van der Waals surface area contributed by atoms with Crippen LogP contribution in [0.3, 0.4) is 0 Å². The van der Waals surface area contributed by atoms with Crippen LogP contribution in [0.1, 0.15) is 17.5 Å². The molecule has 1 nitrogen and oxygen atoms in total. The molecule has 5 rings (SSSR count). The van der Waals surface area contributed by atoms with Crippen molar-refractivity contribution in [3.05, 3.63) is 65.7 Å². The van der Waals surface area contributed by atoms with E-state index in [1.165, 1.54) is 32.7 Å². The minimum Gasteiger partial charge on any atom is -0.366 e. The van der Waals surface area contributed by atoms with Gasteiger partial charge < -0.3 is 4.74 Å². The van der Waals surface area contributed by atoms with Crippen molar-refractivity contribution < 1.29 is 4.74 Å². The van der Waals surface area contributed by atoms with Crippen molar-refractivity contribution in [2.45, 2.75) is 12.0 Å². The van der Waals surface area contributed by atoms with Crippen LogP contribution < -0.4 is 0 Å². The van der Waals surface area contributed by atoms with Crippen molar-refractivity contribution in [2.75, 3.05) is 6.61 Å². The monoisotopic (exact) mass is 258 g/mol. The Labute approximate surface area is 117 Å². The Morgan fingerprint density at radius 3 is 2.55 bits per heavy atom. The van der Waals surface area contributed by atoms with Gasteiger partial charge in [-0.05, 0) is 38.7 Å². The van der Waals surface area contributed by atoms with Gasteiger partial charge in [0, 0.05) is 6.42 Å². The topological polar surface area (TPSA) is 9.23 Å². The Morgan fingerprint density at radius 2 is 1.70 bits per heavy atom. The van der Waals surface area contributed by atoms with Crippen LogP contribution in [0.25, 0.3) is 27.6 Å². The maximum Gasteiger partial charge on any atom is 0.114 e. The summed E-state index contributed by atoms with van der Waals surface area (Å²) in [5, 5.41) is 5.31. The number of fused-ring (bicyclic) bond motifs is 6. The van der Waals surface area contributed by atoms with Crippen LogP contribution in [0.4, 0.5) is 0 Å². The zero-order valence-corrected chi connectivity index (χ0v) is 11.1. The lowest BCUT2D eigenvalue weighted by Gasteiger charge is -2.38. The smallest absolute Gasteiger partial charge is 0.114 e. The highest BCUT2D eigenvalue weighted by atomic mass is 16.5. The van der Waals surface area contributed by atoms with Gasteiger partial charge in [0.05, 0.1) is 6.61 Å². The summed E-state index contributed by atoms with van der Waals surface area (Å²) in [4.78, 5) is 0. The highest BCUT2D eigenvalue weighted by molar-refractivity contribution is 6.10. The van der Waals surface area contributed by atoms with Gasteiger partial charge in [0.1, 0.15) is 5.60 Å². The van der Waals surface area contributed by atoms with E-state index in [0.29, 0.717) is 0 Å². The standard InChI is InChI=1S/C19H14O/c1-2-4-14-13(3-1)5-6-16-15(14)7-8-18-17(16)9-10-19(18)11-12-20-19/h1-10H,11-12H2/t19-/m0/s1. The predicted octanol–water partition coefficient (Wildman–Crippen LogP) is 4.64. The molecule has 1 spiro atoms. The number of rotatable bonds is 0. The molecule has 0 bridgehead atoms. The third kappa shape index (κ3) is 1.17. The Bertz CT molecular complexity index is 885. The summed E-state index contributed by atoms with van der Waals surface area (Å²) in [6.45, 7) is 0.875. The van der Waals surface area contributed by atoms with Crippen LogP contribution in [0.15, 0.2) is 54.6 Å². The molecule has 20 heavy (non-hydrogen) atoms. The predicted molar refractivity (Wildman–Crippen MR) is 82.7 cm³/mol. The molecule has 1 aliphatic heterocycles. The van der Waals surface area contributed by atoms with Crippen LogP contribution in [-0.2, 0) is 10.3 Å². The number of hydrogen-bond acceptors (Lipinski definition) is 1. The van der Waals surface area contributed by atoms with Crippen LogP contribution in [-0.4, -0.2) is 6.61 Å². The largest absolute Gasteiger partial charge is 0.366 e. The molecule has 1 heterocycles. The second-order valence-corrected chi connectivity index (χ2v) is 5.73. The highest BCUT2D eigenvalue weighted by Crippen LogP contribution is 2.47. The quantitative estimate of drug-likeness (QED) is 0.534. The van der Waals surface area contributed by atoms with Gasteiger partial charge in [0.25, 0.3) is 0 Å². The van der Waals surface area contributed by atoms with Gasteiger partial charge in [-0.2, -0.15) is 0 Å². The molecule has 2 aliphatic rings. The average molecular weight is 258 g/mol. The highest BCUT2D eigenvalue weighted by Gasteiger charge is 2.42. The molecular weight excluding hydrogens is 244 g/mol. The molecule has 1 fully saturated rings. The maximum atomic E-state index is 5.86. The normalized spacial score (nSPS) is 23.4. The van der Waals surface area contributed by atoms with Gasteiger partial charge in [0.15, 0.2) is 0 Å². The van der Waals surface area contributed by atoms with Gasteiger partial charge in [-0.3, -0.25) is 0 Å². The molecule has 96 valence electrons. The molecule has 1 saturated heterocycles. The number of ether oxygens (including phenoxy) is 1. The van der Waals surface area contributed by atoms with Crippen molar-refractivity contribution in [1.82, 2.24) is 0 Å².